The summed E-state index contributed by atoms with van der Waals surface area (Å²) < 4.78 is 0. The topological polar surface area (TPSA) is 41.6 Å². The van der Waals surface area contributed by atoms with E-state index >= 15 is 0 Å². The van der Waals surface area contributed by atoms with Gasteiger partial charge >= 0.3 is 0 Å². The summed E-state index contributed by atoms with van der Waals surface area (Å²) in [4.78, 5) is 4.17. The number of aryl methyl sites for hydroxylation is 1. The molecule has 68 valence electrons. The van der Waals surface area contributed by atoms with Crippen LogP contribution in [0, 0.1) is 12.8 Å². The molecular weight excluding hydrogens is 194 g/mol. The smallest absolute Gasteiger partial charge is 0.208 e. The molecule has 5 heteroatoms. The first kappa shape index (κ1) is 9.86. The molecule has 1 atom stereocenters. The molecule has 0 radical (unpaired) electrons. The molecule has 1 unspecified atom stereocenters. The van der Waals surface area contributed by atoms with Gasteiger partial charge in [-0.15, -0.1) is 16.7 Å². The van der Waals surface area contributed by atoms with Gasteiger partial charge in [-0.1, -0.05) is 18.7 Å². The molecule has 1 aromatic heterocycles. The van der Waals surface area contributed by atoms with Crippen molar-refractivity contribution < 1.29 is 0 Å². The third-order valence-electron chi connectivity index (χ3n) is 1.34. The Morgan fingerprint density at radius 1 is 1.67 bits per heavy atom. The van der Waals surface area contributed by atoms with E-state index in [1.807, 2.05) is 6.92 Å². The maximum atomic E-state index is 5.66. The van der Waals surface area contributed by atoms with Crippen LogP contribution in [0.15, 0.2) is 5.16 Å². The maximum Gasteiger partial charge on any atom is 0.208 e. The van der Waals surface area contributed by atoms with Crippen LogP contribution in [-0.2, 0) is 0 Å². The van der Waals surface area contributed by atoms with Gasteiger partial charge in [0.05, 0.1) is 0 Å². The average Bonchev–Trinajstić information content (AvgIpc) is 2.47. The van der Waals surface area contributed by atoms with Crippen molar-refractivity contribution in [2.45, 2.75) is 19.0 Å². The van der Waals surface area contributed by atoms with E-state index in [0.717, 1.165) is 16.7 Å². The van der Waals surface area contributed by atoms with Crippen molar-refractivity contribution in [2.75, 3.05) is 11.6 Å². The van der Waals surface area contributed by atoms with Crippen molar-refractivity contribution in [1.82, 2.24) is 15.2 Å². The number of nitrogens with zero attached hydrogens (tertiary/aromatic N) is 2. The van der Waals surface area contributed by atoms with Crippen molar-refractivity contribution in [3.8, 4) is 0 Å². The van der Waals surface area contributed by atoms with E-state index in [2.05, 4.69) is 22.1 Å². The Hall–Kier alpha value is -0.220. The van der Waals surface area contributed by atoms with Crippen LogP contribution < -0.4 is 0 Å². The minimum atomic E-state index is 0.510. The first-order valence-electron chi connectivity index (χ1n) is 3.80. The van der Waals surface area contributed by atoms with Gasteiger partial charge in [-0.05, 0) is 12.8 Å². The summed E-state index contributed by atoms with van der Waals surface area (Å²) in [5.74, 6) is 3.03. The molecular formula is C7H12ClN3S. The Balaban J connectivity index is 2.33. The van der Waals surface area contributed by atoms with Crippen molar-refractivity contribution in [1.29, 1.82) is 0 Å². The molecule has 0 aliphatic carbocycles. The standard InChI is InChI=1S/C7H12ClN3S/c1-5(3-8)4-12-7-9-6(2)10-11-7/h5H,3-4H2,1-2H3,(H,9,10,11). The number of hydrogen-bond donors (Lipinski definition) is 1. The zero-order valence-electron chi connectivity index (χ0n) is 7.17. The maximum absolute atomic E-state index is 5.66. The third kappa shape index (κ3) is 3.03. The van der Waals surface area contributed by atoms with Crippen LogP contribution in [0.5, 0.6) is 0 Å². The Morgan fingerprint density at radius 2 is 2.42 bits per heavy atom. The second-order valence-electron chi connectivity index (χ2n) is 2.77. The van der Waals surface area contributed by atoms with E-state index in [-0.39, 0.29) is 0 Å². The fourth-order valence-corrected chi connectivity index (χ4v) is 1.75. The van der Waals surface area contributed by atoms with Gasteiger partial charge in [0.25, 0.3) is 0 Å². The SMILES string of the molecule is Cc1nc(SCC(C)CCl)n[nH]1. The second kappa shape index (κ2) is 4.72. The quantitative estimate of drug-likeness (QED) is 0.605. The molecule has 0 saturated heterocycles. The molecule has 0 fully saturated rings. The van der Waals surface area contributed by atoms with E-state index < -0.39 is 0 Å². The second-order valence-corrected chi connectivity index (χ2v) is 4.07. The normalized spacial score (nSPS) is 13.2. The summed E-state index contributed by atoms with van der Waals surface area (Å²) in [5, 5.41) is 7.61. The predicted molar refractivity (Wildman–Crippen MR) is 51.7 cm³/mol. The fourth-order valence-electron chi connectivity index (χ4n) is 0.648. The van der Waals surface area contributed by atoms with E-state index in [9.17, 15) is 0 Å². The predicted octanol–water partition coefficient (Wildman–Crippen LogP) is 2.08. The van der Waals surface area contributed by atoms with E-state index in [1.54, 1.807) is 11.8 Å². The molecule has 1 rings (SSSR count). The highest BCUT2D eigenvalue weighted by molar-refractivity contribution is 7.99. The molecule has 0 aliphatic heterocycles. The number of aromatic amines is 1. The van der Waals surface area contributed by atoms with Crippen LogP contribution in [0.1, 0.15) is 12.7 Å². The Kier molecular flexibility index (Phi) is 3.88. The fraction of sp³-hybridized carbons (Fsp3) is 0.714. The van der Waals surface area contributed by atoms with E-state index in [4.69, 9.17) is 11.6 Å². The van der Waals surface area contributed by atoms with Crippen LogP contribution in [0.3, 0.4) is 0 Å². The molecule has 0 amide bonds. The highest BCUT2D eigenvalue weighted by Crippen LogP contribution is 2.16. The number of thioether (sulfide) groups is 1. The lowest BCUT2D eigenvalue weighted by Crippen LogP contribution is -1.99. The van der Waals surface area contributed by atoms with Gasteiger partial charge in [-0.25, -0.2) is 4.98 Å². The van der Waals surface area contributed by atoms with Crippen molar-refractivity contribution in [3.05, 3.63) is 5.82 Å². The van der Waals surface area contributed by atoms with Crippen LogP contribution in [0.2, 0.25) is 0 Å². The number of alkyl halides is 1. The number of halogens is 1. The lowest BCUT2D eigenvalue weighted by molar-refractivity contribution is 0.756. The third-order valence-corrected chi connectivity index (χ3v) is 3.04. The average molecular weight is 206 g/mol. The number of nitrogens with one attached hydrogen (secondary N) is 1. The van der Waals surface area contributed by atoms with Crippen LogP contribution in [0.4, 0.5) is 0 Å². The number of rotatable bonds is 4. The first-order chi connectivity index (χ1) is 5.72. The van der Waals surface area contributed by atoms with Gasteiger partial charge in [-0.3, -0.25) is 5.10 Å². The van der Waals surface area contributed by atoms with Gasteiger partial charge in [-0.2, -0.15) is 0 Å². The molecule has 0 aliphatic rings. The summed E-state index contributed by atoms with van der Waals surface area (Å²) in [7, 11) is 0. The molecule has 0 spiro atoms. The molecule has 1 N–H and O–H groups in total. The molecule has 3 nitrogen and oxygen atoms in total. The zero-order chi connectivity index (χ0) is 8.97. The van der Waals surface area contributed by atoms with Crippen LogP contribution in [0.25, 0.3) is 0 Å². The molecule has 1 heterocycles. The van der Waals surface area contributed by atoms with Crippen molar-refractivity contribution >= 4 is 23.4 Å². The van der Waals surface area contributed by atoms with Gasteiger partial charge in [0.1, 0.15) is 5.82 Å². The lowest BCUT2D eigenvalue weighted by Gasteiger charge is -2.02. The van der Waals surface area contributed by atoms with Gasteiger partial charge in [0, 0.05) is 11.6 Å². The van der Waals surface area contributed by atoms with Gasteiger partial charge in [0.2, 0.25) is 5.16 Å². The molecule has 1 aromatic rings. The lowest BCUT2D eigenvalue weighted by atomic mass is 10.3. The summed E-state index contributed by atoms with van der Waals surface area (Å²) in [6.45, 7) is 4.00. The largest absolute Gasteiger partial charge is 0.262 e. The van der Waals surface area contributed by atoms with Crippen molar-refractivity contribution in [2.24, 2.45) is 5.92 Å². The Bertz CT molecular complexity index is 238. The summed E-state index contributed by atoms with van der Waals surface area (Å²) in [5.41, 5.74) is 0. The van der Waals surface area contributed by atoms with E-state index in [0.29, 0.717) is 11.8 Å². The Morgan fingerprint density at radius 3 is 2.92 bits per heavy atom. The molecule has 0 saturated carbocycles. The monoisotopic (exact) mass is 205 g/mol. The van der Waals surface area contributed by atoms with Gasteiger partial charge < -0.3 is 0 Å². The minimum Gasteiger partial charge on any atom is -0.262 e. The van der Waals surface area contributed by atoms with Gasteiger partial charge in [0.15, 0.2) is 0 Å². The number of aromatic nitrogens is 3. The van der Waals surface area contributed by atoms with Crippen molar-refractivity contribution in [3.63, 3.8) is 0 Å². The van der Waals surface area contributed by atoms with E-state index in [1.165, 1.54) is 0 Å². The van der Waals surface area contributed by atoms with Crippen LogP contribution >= 0.6 is 23.4 Å². The summed E-state index contributed by atoms with van der Waals surface area (Å²) in [6, 6.07) is 0. The highest BCUT2D eigenvalue weighted by atomic mass is 35.5. The zero-order valence-corrected chi connectivity index (χ0v) is 8.74. The number of H-pyrrole nitrogens is 1. The molecule has 12 heavy (non-hydrogen) atoms. The van der Waals surface area contributed by atoms with Crippen LogP contribution in [-0.4, -0.2) is 26.8 Å². The molecule has 0 bridgehead atoms. The Labute approximate surface area is 81.3 Å². The minimum absolute atomic E-state index is 0.510. The summed E-state index contributed by atoms with van der Waals surface area (Å²) >= 11 is 7.30. The highest BCUT2D eigenvalue weighted by Gasteiger charge is 2.04. The summed E-state index contributed by atoms with van der Waals surface area (Å²) in [6.07, 6.45) is 0. The first-order valence-corrected chi connectivity index (χ1v) is 5.32. The molecule has 0 aromatic carbocycles. The number of hydrogen-bond acceptors (Lipinski definition) is 3.